The molecular formula is C18H21ClN4O3. The topological polar surface area (TPSA) is 107 Å². The fourth-order valence-corrected chi connectivity index (χ4v) is 3.06. The third kappa shape index (κ3) is 3.39. The number of ether oxygens (including phenoxy) is 1. The summed E-state index contributed by atoms with van der Waals surface area (Å²) in [5.41, 5.74) is 2.54. The summed E-state index contributed by atoms with van der Waals surface area (Å²) in [4.78, 5) is 24.9. The molecule has 0 radical (unpaired) electrons. The molecule has 0 bridgehead atoms. The van der Waals surface area contributed by atoms with Crippen molar-refractivity contribution in [1.82, 2.24) is 20.4 Å². The number of benzene rings is 1. The van der Waals surface area contributed by atoms with E-state index in [2.05, 4.69) is 27.0 Å². The van der Waals surface area contributed by atoms with Crippen LogP contribution in [-0.4, -0.2) is 27.0 Å². The molecule has 26 heavy (non-hydrogen) atoms. The number of aromatic nitrogens is 4. The van der Waals surface area contributed by atoms with Crippen LogP contribution >= 0.6 is 12.4 Å². The molecule has 4 N–H and O–H groups in total. The van der Waals surface area contributed by atoms with Crippen LogP contribution in [0.2, 0.25) is 0 Å². The van der Waals surface area contributed by atoms with E-state index in [-0.39, 0.29) is 23.5 Å². The SMILES string of the molecule is C=CCOc1ccccc1C(c1c(C)[nH][nH]c1=O)c1c(C)[nH][nH]c1=O.Cl. The standard InChI is InChI=1S/C18H20N4O3.ClH/c1-4-9-25-13-8-6-5-7-12(13)16(14-10(2)19-21-17(14)23)15-11(3)20-22-18(15)24;/h4-8,16H,1,9H2,2-3H3,(H2,19,21,23)(H2,20,22,24);1H. The van der Waals surface area contributed by atoms with Gasteiger partial charge in [-0.2, -0.15) is 0 Å². The summed E-state index contributed by atoms with van der Waals surface area (Å²) < 4.78 is 5.76. The summed E-state index contributed by atoms with van der Waals surface area (Å²) in [6, 6.07) is 7.38. The monoisotopic (exact) mass is 376 g/mol. The van der Waals surface area contributed by atoms with Gasteiger partial charge in [-0.15, -0.1) is 12.4 Å². The molecule has 0 saturated heterocycles. The summed E-state index contributed by atoms with van der Waals surface area (Å²) in [7, 11) is 0. The van der Waals surface area contributed by atoms with Crippen LogP contribution in [0.15, 0.2) is 46.5 Å². The van der Waals surface area contributed by atoms with Crippen LogP contribution in [0.4, 0.5) is 0 Å². The van der Waals surface area contributed by atoms with Gasteiger partial charge in [0.25, 0.3) is 11.1 Å². The molecule has 2 aromatic heterocycles. The van der Waals surface area contributed by atoms with Crippen LogP contribution in [0.25, 0.3) is 0 Å². The quantitative estimate of drug-likeness (QED) is 0.496. The Hall–Kier alpha value is -2.93. The molecule has 3 rings (SSSR count). The van der Waals surface area contributed by atoms with Crippen molar-refractivity contribution in [2.75, 3.05) is 6.61 Å². The van der Waals surface area contributed by atoms with Gasteiger partial charge in [-0.3, -0.25) is 19.8 Å². The summed E-state index contributed by atoms with van der Waals surface area (Å²) in [5, 5.41) is 10.8. The van der Waals surface area contributed by atoms with Crippen molar-refractivity contribution in [3.8, 4) is 5.75 Å². The number of hydrogen-bond acceptors (Lipinski definition) is 3. The van der Waals surface area contributed by atoms with Crippen LogP contribution in [0.5, 0.6) is 5.75 Å². The maximum atomic E-state index is 12.4. The Morgan fingerprint density at radius 1 is 1.00 bits per heavy atom. The number of H-pyrrole nitrogens is 4. The van der Waals surface area contributed by atoms with E-state index in [4.69, 9.17) is 4.74 Å². The van der Waals surface area contributed by atoms with Crippen molar-refractivity contribution in [3.05, 3.63) is 85.7 Å². The van der Waals surface area contributed by atoms with E-state index in [1.54, 1.807) is 19.9 Å². The maximum Gasteiger partial charge on any atom is 0.268 e. The lowest BCUT2D eigenvalue weighted by Gasteiger charge is -2.19. The van der Waals surface area contributed by atoms with Gasteiger partial charge in [0.05, 0.1) is 17.0 Å². The highest BCUT2D eigenvalue weighted by atomic mass is 35.5. The second-order valence-corrected chi connectivity index (χ2v) is 5.81. The molecule has 1 aromatic carbocycles. The number of para-hydroxylation sites is 1. The zero-order chi connectivity index (χ0) is 18.0. The van der Waals surface area contributed by atoms with E-state index in [9.17, 15) is 9.59 Å². The molecule has 0 aliphatic carbocycles. The highest BCUT2D eigenvalue weighted by Crippen LogP contribution is 2.36. The lowest BCUT2D eigenvalue weighted by molar-refractivity contribution is 0.358. The normalized spacial score (nSPS) is 10.6. The summed E-state index contributed by atoms with van der Waals surface area (Å²) >= 11 is 0. The first-order chi connectivity index (χ1) is 12.0. The molecule has 138 valence electrons. The average Bonchev–Trinajstić information content (AvgIpc) is 3.11. The molecule has 8 heteroatoms. The number of hydrogen-bond donors (Lipinski definition) is 4. The summed E-state index contributed by atoms with van der Waals surface area (Å²) in [6.45, 7) is 7.58. The van der Waals surface area contributed by atoms with E-state index in [1.165, 1.54) is 0 Å². The minimum absolute atomic E-state index is 0. The van der Waals surface area contributed by atoms with Crippen LogP contribution < -0.4 is 15.9 Å². The molecular weight excluding hydrogens is 356 g/mol. The second-order valence-electron chi connectivity index (χ2n) is 5.81. The van der Waals surface area contributed by atoms with E-state index in [1.807, 2.05) is 24.3 Å². The Morgan fingerprint density at radius 2 is 1.54 bits per heavy atom. The Labute approximate surface area is 155 Å². The minimum Gasteiger partial charge on any atom is -0.489 e. The number of aromatic amines is 4. The third-order valence-corrected chi connectivity index (χ3v) is 4.19. The highest BCUT2D eigenvalue weighted by Gasteiger charge is 2.30. The summed E-state index contributed by atoms with van der Waals surface area (Å²) in [6.07, 6.45) is 1.65. The predicted octanol–water partition coefficient (Wildman–Crippen LogP) is 2.50. The fourth-order valence-electron chi connectivity index (χ4n) is 3.06. The third-order valence-electron chi connectivity index (χ3n) is 4.19. The van der Waals surface area contributed by atoms with Gasteiger partial charge in [0.2, 0.25) is 0 Å². The van der Waals surface area contributed by atoms with E-state index >= 15 is 0 Å². The summed E-state index contributed by atoms with van der Waals surface area (Å²) in [5.74, 6) is 0.0402. The smallest absolute Gasteiger partial charge is 0.268 e. The van der Waals surface area contributed by atoms with Crippen molar-refractivity contribution in [2.24, 2.45) is 0 Å². The molecule has 0 spiro atoms. The largest absolute Gasteiger partial charge is 0.489 e. The molecule has 2 heterocycles. The van der Waals surface area contributed by atoms with Gasteiger partial charge in [0, 0.05) is 17.0 Å². The van der Waals surface area contributed by atoms with Crippen molar-refractivity contribution in [3.63, 3.8) is 0 Å². The zero-order valence-corrected chi connectivity index (χ0v) is 15.3. The number of halogens is 1. The van der Waals surface area contributed by atoms with Gasteiger partial charge >= 0.3 is 0 Å². The Kier molecular flexibility index (Phi) is 5.94. The molecule has 0 unspecified atom stereocenters. The van der Waals surface area contributed by atoms with E-state index in [0.717, 1.165) is 5.56 Å². The van der Waals surface area contributed by atoms with Crippen LogP contribution in [-0.2, 0) is 0 Å². The van der Waals surface area contributed by atoms with Crippen LogP contribution in [0, 0.1) is 13.8 Å². The molecule has 3 aromatic rings. The Balaban J connectivity index is 0.00000243. The molecule has 0 amide bonds. The minimum atomic E-state index is -0.564. The zero-order valence-electron chi connectivity index (χ0n) is 14.5. The van der Waals surface area contributed by atoms with Crippen LogP contribution in [0.3, 0.4) is 0 Å². The first kappa shape index (κ1) is 19.4. The second kappa shape index (κ2) is 7.97. The first-order valence-corrected chi connectivity index (χ1v) is 7.91. The molecule has 0 fully saturated rings. The van der Waals surface area contributed by atoms with Crippen molar-refractivity contribution >= 4 is 12.4 Å². The number of aryl methyl sites for hydroxylation is 2. The van der Waals surface area contributed by atoms with Crippen LogP contribution in [0.1, 0.15) is 34.0 Å². The van der Waals surface area contributed by atoms with E-state index < -0.39 is 5.92 Å². The highest BCUT2D eigenvalue weighted by molar-refractivity contribution is 5.85. The Morgan fingerprint density at radius 3 is 2.00 bits per heavy atom. The number of nitrogens with one attached hydrogen (secondary N) is 4. The van der Waals surface area contributed by atoms with Gasteiger partial charge in [0.15, 0.2) is 0 Å². The van der Waals surface area contributed by atoms with Gasteiger partial charge in [-0.1, -0.05) is 30.9 Å². The molecule has 0 aliphatic rings. The molecule has 7 nitrogen and oxygen atoms in total. The molecule has 0 aliphatic heterocycles. The Bertz CT molecular complexity index is 958. The van der Waals surface area contributed by atoms with Gasteiger partial charge in [0.1, 0.15) is 12.4 Å². The van der Waals surface area contributed by atoms with Crippen molar-refractivity contribution in [1.29, 1.82) is 0 Å². The molecule has 0 atom stereocenters. The average molecular weight is 377 g/mol. The predicted molar refractivity (Wildman–Crippen MR) is 103 cm³/mol. The first-order valence-electron chi connectivity index (χ1n) is 7.91. The van der Waals surface area contributed by atoms with Gasteiger partial charge < -0.3 is 14.9 Å². The van der Waals surface area contributed by atoms with Gasteiger partial charge in [-0.25, -0.2) is 0 Å². The fraction of sp³-hybridized carbons (Fsp3) is 0.222. The number of rotatable bonds is 6. The van der Waals surface area contributed by atoms with Gasteiger partial charge in [-0.05, 0) is 19.9 Å². The van der Waals surface area contributed by atoms with E-state index in [0.29, 0.717) is 34.9 Å². The van der Waals surface area contributed by atoms with Crippen molar-refractivity contribution in [2.45, 2.75) is 19.8 Å². The maximum absolute atomic E-state index is 12.4. The lowest BCUT2D eigenvalue weighted by atomic mass is 9.85. The van der Waals surface area contributed by atoms with Crippen molar-refractivity contribution < 1.29 is 4.74 Å². The molecule has 0 saturated carbocycles. The lowest BCUT2D eigenvalue weighted by Crippen LogP contribution is -2.21.